The van der Waals surface area contributed by atoms with E-state index in [2.05, 4.69) is 0 Å². The van der Waals surface area contributed by atoms with Gasteiger partial charge >= 0.3 is 0 Å². The molecule has 0 aromatic carbocycles. The minimum absolute atomic E-state index is 0.382. The van der Waals surface area contributed by atoms with E-state index in [9.17, 15) is 0 Å². The number of rotatable bonds is 4. The average molecular weight is 145 g/mol. The second kappa shape index (κ2) is 3.91. The maximum absolute atomic E-state index is 5.56. The molecular weight excluding hydrogens is 130 g/mol. The van der Waals surface area contributed by atoms with Crippen LogP contribution in [0.5, 0.6) is 0 Å². The third kappa shape index (κ3) is 2.25. The molecule has 3 heteroatoms. The highest BCUT2D eigenvalue weighted by molar-refractivity contribution is 4.82. The lowest BCUT2D eigenvalue weighted by molar-refractivity contribution is -0.0292. The van der Waals surface area contributed by atoms with Crippen LogP contribution in [0.25, 0.3) is 0 Å². The maximum Gasteiger partial charge on any atom is 0.0704 e. The molecule has 1 aliphatic carbocycles. The van der Waals surface area contributed by atoms with Gasteiger partial charge < -0.3 is 15.2 Å². The van der Waals surface area contributed by atoms with E-state index in [1.807, 2.05) is 0 Å². The van der Waals surface area contributed by atoms with Crippen LogP contribution in [0, 0.1) is 0 Å². The summed E-state index contributed by atoms with van der Waals surface area (Å²) in [7, 11) is 1.68. The summed E-state index contributed by atoms with van der Waals surface area (Å²) in [5.74, 6) is 0. The predicted octanol–water partition coefficient (Wildman–Crippen LogP) is 0.139. The number of methoxy groups -OCH3 is 1. The van der Waals surface area contributed by atoms with Crippen LogP contribution in [-0.2, 0) is 9.47 Å². The van der Waals surface area contributed by atoms with Crippen molar-refractivity contribution in [2.75, 3.05) is 20.3 Å². The normalized spacial score (nSPS) is 31.8. The van der Waals surface area contributed by atoms with Crippen molar-refractivity contribution in [2.24, 2.45) is 5.73 Å². The van der Waals surface area contributed by atoms with Crippen LogP contribution in [0.4, 0.5) is 0 Å². The van der Waals surface area contributed by atoms with Crippen molar-refractivity contribution in [3.8, 4) is 0 Å². The topological polar surface area (TPSA) is 44.5 Å². The van der Waals surface area contributed by atoms with E-state index in [0.717, 1.165) is 12.8 Å². The zero-order valence-corrected chi connectivity index (χ0v) is 6.38. The summed E-state index contributed by atoms with van der Waals surface area (Å²) in [6.45, 7) is 1.39. The van der Waals surface area contributed by atoms with Gasteiger partial charge in [0.25, 0.3) is 0 Å². The molecular formula is C7H15NO2. The van der Waals surface area contributed by atoms with E-state index in [1.165, 1.54) is 0 Å². The van der Waals surface area contributed by atoms with Gasteiger partial charge in [-0.1, -0.05) is 0 Å². The summed E-state index contributed by atoms with van der Waals surface area (Å²) >= 11 is 0. The first kappa shape index (κ1) is 7.98. The van der Waals surface area contributed by atoms with Crippen LogP contribution < -0.4 is 5.73 Å². The van der Waals surface area contributed by atoms with E-state index in [4.69, 9.17) is 15.2 Å². The molecule has 0 spiro atoms. The van der Waals surface area contributed by atoms with Gasteiger partial charge in [-0.2, -0.15) is 0 Å². The second-order valence-corrected chi connectivity index (χ2v) is 2.72. The lowest BCUT2D eigenvalue weighted by Crippen LogP contribution is -2.42. The first-order valence-corrected chi connectivity index (χ1v) is 3.69. The van der Waals surface area contributed by atoms with Crippen molar-refractivity contribution >= 4 is 0 Å². The van der Waals surface area contributed by atoms with Gasteiger partial charge in [0.2, 0.25) is 0 Å². The fourth-order valence-electron chi connectivity index (χ4n) is 1.04. The molecule has 1 rings (SSSR count). The molecule has 0 atom stereocenters. The molecule has 2 N–H and O–H groups in total. The van der Waals surface area contributed by atoms with Crippen LogP contribution in [0.1, 0.15) is 12.8 Å². The predicted molar refractivity (Wildman–Crippen MR) is 38.8 cm³/mol. The quantitative estimate of drug-likeness (QED) is 0.572. The highest BCUT2D eigenvalue weighted by atomic mass is 16.5. The Kier molecular flexibility index (Phi) is 3.12. The third-order valence-corrected chi connectivity index (χ3v) is 1.77. The number of ether oxygens (including phenoxy) is 2. The Morgan fingerprint density at radius 2 is 2.10 bits per heavy atom. The Balaban J connectivity index is 1.86. The Morgan fingerprint density at radius 1 is 1.40 bits per heavy atom. The van der Waals surface area contributed by atoms with Crippen molar-refractivity contribution in [2.45, 2.75) is 25.0 Å². The molecule has 3 nitrogen and oxygen atoms in total. The van der Waals surface area contributed by atoms with E-state index >= 15 is 0 Å². The van der Waals surface area contributed by atoms with E-state index in [-0.39, 0.29) is 0 Å². The van der Waals surface area contributed by atoms with Gasteiger partial charge in [-0.3, -0.25) is 0 Å². The molecule has 0 amide bonds. The summed E-state index contributed by atoms with van der Waals surface area (Å²) in [5.41, 5.74) is 5.56. The van der Waals surface area contributed by atoms with Crippen molar-refractivity contribution in [1.82, 2.24) is 0 Å². The minimum atomic E-state index is 0.382. The van der Waals surface area contributed by atoms with Crippen molar-refractivity contribution in [3.63, 3.8) is 0 Å². The van der Waals surface area contributed by atoms with Gasteiger partial charge in [0.05, 0.1) is 19.3 Å². The Bertz CT molecular complexity index is 91.6. The Morgan fingerprint density at radius 3 is 2.60 bits per heavy atom. The van der Waals surface area contributed by atoms with Crippen molar-refractivity contribution < 1.29 is 9.47 Å². The van der Waals surface area contributed by atoms with Gasteiger partial charge in [-0.15, -0.1) is 0 Å². The van der Waals surface area contributed by atoms with E-state index in [0.29, 0.717) is 25.4 Å². The number of nitrogens with two attached hydrogens (primary N) is 1. The zero-order chi connectivity index (χ0) is 7.40. The van der Waals surface area contributed by atoms with Gasteiger partial charge in [0.1, 0.15) is 0 Å². The van der Waals surface area contributed by atoms with E-state index < -0.39 is 0 Å². The van der Waals surface area contributed by atoms with Crippen LogP contribution in [0.2, 0.25) is 0 Å². The fraction of sp³-hybridized carbons (Fsp3) is 1.00. The summed E-state index contributed by atoms with van der Waals surface area (Å²) < 4.78 is 10.2. The second-order valence-electron chi connectivity index (χ2n) is 2.72. The summed E-state index contributed by atoms with van der Waals surface area (Å²) in [5, 5.41) is 0. The number of hydrogen-bond acceptors (Lipinski definition) is 3. The molecule has 0 aromatic heterocycles. The highest BCUT2D eigenvalue weighted by Gasteiger charge is 2.25. The maximum atomic E-state index is 5.56. The van der Waals surface area contributed by atoms with Gasteiger partial charge in [-0.05, 0) is 12.8 Å². The van der Waals surface area contributed by atoms with Crippen molar-refractivity contribution in [1.29, 1.82) is 0 Å². The highest BCUT2D eigenvalue weighted by Crippen LogP contribution is 2.20. The average Bonchev–Trinajstić information content (AvgIpc) is 1.85. The molecule has 0 saturated heterocycles. The van der Waals surface area contributed by atoms with Crippen LogP contribution in [0.3, 0.4) is 0 Å². The Hall–Kier alpha value is -0.120. The molecule has 60 valence electrons. The lowest BCUT2D eigenvalue weighted by Gasteiger charge is -2.32. The van der Waals surface area contributed by atoms with Crippen LogP contribution in [0.15, 0.2) is 0 Å². The third-order valence-electron chi connectivity index (χ3n) is 1.77. The molecule has 0 bridgehead atoms. The van der Waals surface area contributed by atoms with Gasteiger partial charge in [0.15, 0.2) is 0 Å². The molecule has 1 fully saturated rings. The number of hydrogen-bond donors (Lipinski definition) is 1. The van der Waals surface area contributed by atoms with E-state index in [1.54, 1.807) is 7.11 Å². The monoisotopic (exact) mass is 145 g/mol. The van der Waals surface area contributed by atoms with Gasteiger partial charge in [-0.25, -0.2) is 0 Å². The molecule has 0 radical (unpaired) electrons. The SMILES string of the molecule is COCCO[C@H]1C[C@@H](N)C1. The zero-order valence-electron chi connectivity index (χ0n) is 6.38. The minimum Gasteiger partial charge on any atom is -0.382 e. The lowest BCUT2D eigenvalue weighted by atomic mass is 9.90. The summed E-state index contributed by atoms with van der Waals surface area (Å²) in [6.07, 6.45) is 2.44. The molecule has 0 aliphatic heterocycles. The van der Waals surface area contributed by atoms with Gasteiger partial charge in [0, 0.05) is 13.2 Å². The smallest absolute Gasteiger partial charge is 0.0704 e. The molecule has 10 heavy (non-hydrogen) atoms. The first-order valence-electron chi connectivity index (χ1n) is 3.69. The molecule has 1 aliphatic rings. The van der Waals surface area contributed by atoms with Crippen LogP contribution in [-0.4, -0.2) is 32.5 Å². The first-order chi connectivity index (χ1) is 4.83. The molecule has 0 heterocycles. The molecule has 1 saturated carbocycles. The van der Waals surface area contributed by atoms with Crippen LogP contribution >= 0.6 is 0 Å². The van der Waals surface area contributed by atoms with Crippen molar-refractivity contribution in [3.05, 3.63) is 0 Å². The largest absolute Gasteiger partial charge is 0.382 e. The summed E-state index contributed by atoms with van der Waals surface area (Å²) in [4.78, 5) is 0. The fourth-order valence-corrected chi connectivity index (χ4v) is 1.04. The standard InChI is InChI=1S/C7H15NO2/c1-9-2-3-10-7-4-6(8)5-7/h6-7H,2-5,8H2,1H3/t6-,7+. The summed E-state index contributed by atoms with van der Waals surface area (Å²) in [6, 6.07) is 0.382. The Labute approximate surface area is 61.5 Å². The molecule has 0 unspecified atom stereocenters. The molecule has 0 aromatic rings.